The predicted molar refractivity (Wildman–Crippen MR) is 93.3 cm³/mol. The van der Waals surface area contributed by atoms with E-state index in [9.17, 15) is 18.4 Å². The molecule has 0 aliphatic rings. The number of carbonyl (C=O) groups excluding carboxylic acids is 2. The SMILES string of the molecule is CCN(CC(=O)NCc1cccs1)CC(=O)Nc1ccc(F)cc1F. The van der Waals surface area contributed by atoms with Crippen molar-refractivity contribution in [3.8, 4) is 0 Å². The molecule has 0 radical (unpaired) electrons. The van der Waals surface area contributed by atoms with Gasteiger partial charge in [-0.1, -0.05) is 13.0 Å². The van der Waals surface area contributed by atoms with E-state index in [0.717, 1.165) is 17.0 Å². The Bertz CT molecular complexity index is 723. The Kier molecular flexibility index (Phi) is 7.03. The lowest BCUT2D eigenvalue weighted by Gasteiger charge is -2.19. The van der Waals surface area contributed by atoms with Gasteiger partial charge in [-0.2, -0.15) is 0 Å². The second-order valence-corrected chi connectivity index (χ2v) is 6.36. The molecule has 0 aliphatic carbocycles. The first kappa shape index (κ1) is 19.0. The van der Waals surface area contributed by atoms with Gasteiger partial charge in [0.15, 0.2) is 0 Å². The van der Waals surface area contributed by atoms with E-state index in [1.165, 1.54) is 0 Å². The maximum absolute atomic E-state index is 13.5. The minimum atomic E-state index is -0.843. The first-order valence-electron chi connectivity index (χ1n) is 7.74. The van der Waals surface area contributed by atoms with Gasteiger partial charge in [0.25, 0.3) is 0 Å². The highest BCUT2D eigenvalue weighted by Gasteiger charge is 2.14. The van der Waals surface area contributed by atoms with Crippen LogP contribution in [0.4, 0.5) is 14.5 Å². The lowest BCUT2D eigenvalue weighted by atomic mass is 10.3. The van der Waals surface area contributed by atoms with Crippen molar-refractivity contribution < 1.29 is 18.4 Å². The summed E-state index contributed by atoms with van der Waals surface area (Å²) < 4.78 is 26.4. The molecule has 0 spiro atoms. The number of halogens is 2. The van der Waals surface area contributed by atoms with Crippen LogP contribution in [0.5, 0.6) is 0 Å². The zero-order valence-electron chi connectivity index (χ0n) is 13.7. The molecule has 0 aliphatic heterocycles. The molecule has 0 fully saturated rings. The molecule has 2 aromatic rings. The third-order valence-corrected chi connectivity index (χ3v) is 4.30. The molecule has 0 saturated heterocycles. The highest BCUT2D eigenvalue weighted by molar-refractivity contribution is 7.09. The van der Waals surface area contributed by atoms with E-state index < -0.39 is 17.5 Å². The van der Waals surface area contributed by atoms with E-state index >= 15 is 0 Å². The molecule has 0 bridgehead atoms. The first-order valence-corrected chi connectivity index (χ1v) is 8.62. The Balaban J connectivity index is 1.81. The molecule has 0 saturated carbocycles. The van der Waals surface area contributed by atoms with Gasteiger partial charge in [0, 0.05) is 10.9 Å². The molecule has 134 valence electrons. The molecule has 5 nitrogen and oxygen atoms in total. The van der Waals surface area contributed by atoms with Gasteiger partial charge in [0.2, 0.25) is 11.8 Å². The van der Waals surface area contributed by atoms with Crippen LogP contribution in [-0.2, 0) is 16.1 Å². The fourth-order valence-corrected chi connectivity index (χ4v) is 2.77. The molecule has 1 aromatic carbocycles. The number of benzene rings is 1. The minimum absolute atomic E-state index is 0.0567. The fourth-order valence-electron chi connectivity index (χ4n) is 2.12. The van der Waals surface area contributed by atoms with E-state index in [2.05, 4.69) is 10.6 Å². The molecule has 8 heteroatoms. The number of hydrogen-bond donors (Lipinski definition) is 2. The quantitative estimate of drug-likeness (QED) is 0.754. The van der Waals surface area contributed by atoms with Gasteiger partial charge in [0.1, 0.15) is 11.6 Å². The van der Waals surface area contributed by atoms with Crippen molar-refractivity contribution in [1.29, 1.82) is 0 Å². The van der Waals surface area contributed by atoms with Gasteiger partial charge < -0.3 is 10.6 Å². The monoisotopic (exact) mass is 367 g/mol. The molecular weight excluding hydrogens is 348 g/mol. The number of thiophene rings is 1. The van der Waals surface area contributed by atoms with Crippen molar-refractivity contribution in [3.05, 3.63) is 52.2 Å². The van der Waals surface area contributed by atoms with Crippen molar-refractivity contribution in [1.82, 2.24) is 10.2 Å². The molecule has 2 rings (SSSR count). The molecule has 2 amide bonds. The average molecular weight is 367 g/mol. The Morgan fingerprint density at radius 1 is 1.16 bits per heavy atom. The van der Waals surface area contributed by atoms with E-state index in [4.69, 9.17) is 0 Å². The summed E-state index contributed by atoms with van der Waals surface area (Å²) >= 11 is 1.55. The van der Waals surface area contributed by atoms with Crippen LogP contribution < -0.4 is 10.6 Å². The van der Waals surface area contributed by atoms with Crippen LogP contribution in [0.3, 0.4) is 0 Å². The molecular formula is C17H19F2N3O2S. The maximum Gasteiger partial charge on any atom is 0.238 e. The third kappa shape index (κ3) is 6.24. The summed E-state index contributed by atoms with van der Waals surface area (Å²) in [5.41, 5.74) is -0.0930. The van der Waals surface area contributed by atoms with E-state index in [1.54, 1.807) is 16.2 Å². The van der Waals surface area contributed by atoms with Crippen LogP contribution >= 0.6 is 11.3 Å². The van der Waals surface area contributed by atoms with Gasteiger partial charge in [0.05, 0.1) is 25.3 Å². The van der Waals surface area contributed by atoms with Crippen LogP contribution in [0.2, 0.25) is 0 Å². The summed E-state index contributed by atoms with van der Waals surface area (Å²) in [7, 11) is 0. The fraction of sp³-hybridized carbons (Fsp3) is 0.294. The van der Waals surface area contributed by atoms with Gasteiger partial charge in [-0.15, -0.1) is 11.3 Å². The maximum atomic E-state index is 13.5. The van der Waals surface area contributed by atoms with E-state index in [1.807, 2.05) is 24.4 Å². The Morgan fingerprint density at radius 3 is 2.56 bits per heavy atom. The van der Waals surface area contributed by atoms with Crippen LogP contribution in [0.1, 0.15) is 11.8 Å². The normalized spacial score (nSPS) is 10.7. The highest BCUT2D eigenvalue weighted by atomic mass is 32.1. The van der Waals surface area contributed by atoms with Crippen molar-refractivity contribution in [2.45, 2.75) is 13.5 Å². The van der Waals surface area contributed by atoms with Crippen LogP contribution in [0.25, 0.3) is 0 Å². The summed E-state index contributed by atoms with van der Waals surface area (Å²) in [5, 5.41) is 7.09. The number of amides is 2. The largest absolute Gasteiger partial charge is 0.350 e. The molecule has 2 N–H and O–H groups in total. The Hall–Kier alpha value is -2.32. The van der Waals surface area contributed by atoms with E-state index in [-0.39, 0.29) is 24.7 Å². The smallest absolute Gasteiger partial charge is 0.238 e. The summed E-state index contributed by atoms with van der Waals surface area (Å²) in [5.74, 6) is -2.23. The lowest BCUT2D eigenvalue weighted by Crippen LogP contribution is -2.40. The van der Waals surface area contributed by atoms with E-state index in [0.29, 0.717) is 19.2 Å². The predicted octanol–water partition coefficient (Wildman–Crippen LogP) is 2.60. The minimum Gasteiger partial charge on any atom is -0.350 e. The molecule has 1 heterocycles. The summed E-state index contributed by atoms with van der Waals surface area (Å²) in [6.45, 7) is 2.73. The summed E-state index contributed by atoms with van der Waals surface area (Å²) in [6, 6.07) is 6.75. The number of hydrogen-bond acceptors (Lipinski definition) is 4. The second-order valence-electron chi connectivity index (χ2n) is 5.33. The van der Waals surface area contributed by atoms with Crippen LogP contribution in [-0.4, -0.2) is 36.3 Å². The molecule has 25 heavy (non-hydrogen) atoms. The number of nitrogens with one attached hydrogen (secondary N) is 2. The summed E-state index contributed by atoms with van der Waals surface area (Å²) in [4.78, 5) is 26.6. The highest BCUT2D eigenvalue weighted by Crippen LogP contribution is 2.14. The van der Waals surface area contributed by atoms with Crippen molar-refractivity contribution in [2.24, 2.45) is 0 Å². The summed E-state index contributed by atoms with van der Waals surface area (Å²) in [6.07, 6.45) is 0. The number of rotatable bonds is 8. The van der Waals surface area contributed by atoms with Crippen LogP contribution in [0, 0.1) is 11.6 Å². The standard InChI is InChI=1S/C17H19F2N3O2S/c1-2-22(10-16(23)20-9-13-4-3-7-25-13)11-17(24)21-15-6-5-12(18)8-14(15)19/h3-8H,2,9-11H2,1H3,(H,20,23)(H,21,24). The van der Waals surface area contributed by atoms with Crippen molar-refractivity contribution >= 4 is 28.8 Å². The Labute approximate surface area is 148 Å². The third-order valence-electron chi connectivity index (χ3n) is 3.43. The Morgan fingerprint density at radius 2 is 1.92 bits per heavy atom. The topological polar surface area (TPSA) is 61.4 Å². The number of nitrogens with zero attached hydrogens (tertiary/aromatic N) is 1. The van der Waals surface area contributed by atoms with Crippen molar-refractivity contribution in [3.63, 3.8) is 0 Å². The van der Waals surface area contributed by atoms with Crippen molar-refractivity contribution in [2.75, 3.05) is 25.0 Å². The van der Waals surface area contributed by atoms with Gasteiger partial charge in [-0.3, -0.25) is 14.5 Å². The number of anilines is 1. The number of likely N-dealkylation sites (N-methyl/N-ethyl adjacent to an activating group) is 1. The lowest BCUT2D eigenvalue weighted by molar-refractivity contribution is -0.123. The second kappa shape index (κ2) is 9.24. The van der Waals surface area contributed by atoms with Gasteiger partial charge in [-0.25, -0.2) is 8.78 Å². The van der Waals surface area contributed by atoms with Crippen LogP contribution in [0.15, 0.2) is 35.7 Å². The molecule has 0 atom stereocenters. The van der Waals surface area contributed by atoms with Gasteiger partial charge >= 0.3 is 0 Å². The zero-order valence-corrected chi connectivity index (χ0v) is 14.5. The first-order chi connectivity index (χ1) is 12.0. The average Bonchev–Trinajstić information content (AvgIpc) is 3.08. The number of carbonyl (C=O) groups is 2. The van der Waals surface area contributed by atoms with Gasteiger partial charge in [-0.05, 0) is 30.1 Å². The zero-order chi connectivity index (χ0) is 18.2. The molecule has 0 unspecified atom stereocenters. The molecule has 1 aromatic heterocycles.